The molecule has 0 aliphatic carbocycles. The first-order chi connectivity index (χ1) is 7.00. The molecule has 3 N–H and O–H groups in total. The molecule has 6 heteroatoms. The Kier molecular flexibility index (Phi) is 3.22. The minimum absolute atomic E-state index is 0.0588. The summed E-state index contributed by atoms with van der Waals surface area (Å²) in [6, 6.07) is 2.00. The fourth-order valence-corrected chi connectivity index (χ4v) is 0.889. The van der Waals surface area contributed by atoms with Gasteiger partial charge < -0.3 is 15.5 Å². The number of anilines is 1. The number of hydrogen-bond acceptors (Lipinski definition) is 4. The van der Waals surface area contributed by atoms with Gasteiger partial charge in [-0.2, -0.15) is 0 Å². The highest BCUT2D eigenvalue weighted by Gasteiger charge is 2.11. The molecule has 0 saturated carbocycles. The molecular formula is C9H10N2O4. The molecule has 0 aliphatic heterocycles. The molecule has 1 atom stereocenters. The molecule has 0 spiro atoms. The van der Waals surface area contributed by atoms with E-state index in [2.05, 4.69) is 10.3 Å². The quantitative estimate of drug-likeness (QED) is 0.675. The number of aliphatic carboxylic acids is 1. The first-order valence-corrected chi connectivity index (χ1v) is 4.19. The van der Waals surface area contributed by atoms with Crippen molar-refractivity contribution >= 4 is 17.8 Å². The highest BCUT2D eigenvalue weighted by molar-refractivity contribution is 5.87. The van der Waals surface area contributed by atoms with Gasteiger partial charge in [0.25, 0.3) is 0 Å². The zero-order valence-corrected chi connectivity index (χ0v) is 7.97. The van der Waals surface area contributed by atoms with Crippen molar-refractivity contribution in [2.75, 3.05) is 5.32 Å². The van der Waals surface area contributed by atoms with E-state index in [1.54, 1.807) is 0 Å². The van der Waals surface area contributed by atoms with Crippen molar-refractivity contribution in [3.63, 3.8) is 0 Å². The third kappa shape index (κ3) is 2.94. The van der Waals surface area contributed by atoms with Crippen LogP contribution in [0.3, 0.4) is 0 Å². The van der Waals surface area contributed by atoms with Crippen LogP contribution in [-0.2, 0) is 4.79 Å². The van der Waals surface area contributed by atoms with Crippen molar-refractivity contribution in [2.24, 2.45) is 0 Å². The number of aromatic carboxylic acids is 1. The van der Waals surface area contributed by atoms with Crippen LogP contribution in [0.1, 0.15) is 17.3 Å². The summed E-state index contributed by atoms with van der Waals surface area (Å²) < 4.78 is 0. The van der Waals surface area contributed by atoms with Gasteiger partial charge in [-0.1, -0.05) is 0 Å². The lowest BCUT2D eigenvalue weighted by atomic mass is 10.3. The summed E-state index contributed by atoms with van der Waals surface area (Å²) in [5, 5.41) is 19.8. The van der Waals surface area contributed by atoms with Gasteiger partial charge in [-0.05, 0) is 19.1 Å². The van der Waals surface area contributed by atoms with Crippen molar-refractivity contribution in [1.29, 1.82) is 0 Å². The van der Waals surface area contributed by atoms with Gasteiger partial charge in [0.2, 0.25) is 0 Å². The number of aromatic nitrogens is 1. The number of rotatable bonds is 4. The van der Waals surface area contributed by atoms with E-state index in [1.165, 1.54) is 25.3 Å². The molecule has 0 amide bonds. The Hall–Kier alpha value is -2.11. The summed E-state index contributed by atoms with van der Waals surface area (Å²) in [5.41, 5.74) is 0.0588. The summed E-state index contributed by atoms with van der Waals surface area (Å²) in [7, 11) is 0. The van der Waals surface area contributed by atoms with Crippen molar-refractivity contribution in [3.8, 4) is 0 Å². The first kappa shape index (κ1) is 11.0. The van der Waals surface area contributed by atoms with E-state index in [0.29, 0.717) is 5.82 Å². The van der Waals surface area contributed by atoms with Gasteiger partial charge in [-0.15, -0.1) is 0 Å². The lowest BCUT2D eigenvalue weighted by Gasteiger charge is -2.09. The molecule has 0 radical (unpaired) electrons. The summed E-state index contributed by atoms with van der Waals surface area (Å²) in [4.78, 5) is 24.7. The smallest absolute Gasteiger partial charge is 0.337 e. The van der Waals surface area contributed by atoms with Gasteiger partial charge in [-0.25, -0.2) is 9.78 Å². The van der Waals surface area contributed by atoms with Gasteiger partial charge >= 0.3 is 11.9 Å². The van der Waals surface area contributed by atoms with Gasteiger partial charge in [0, 0.05) is 6.20 Å². The molecule has 1 heterocycles. The standard InChI is InChI=1S/C9H10N2O4/c1-5(8(12)13)11-7-3-2-6(4-10-7)9(14)15/h2-5H,1H3,(H,10,11)(H,12,13)(H,14,15). The van der Waals surface area contributed by atoms with Gasteiger partial charge in [0.1, 0.15) is 11.9 Å². The zero-order valence-electron chi connectivity index (χ0n) is 7.97. The third-order valence-corrected chi connectivity index (χ3v) is 1.75. The molecule has 1 aromatic rings. The Labute approximate surface area is 85.6 Å². The van der Waals surface area contributed by atoms with Crippen LogP contribution in [0.5, 0.6) is 0 Å². The Balaban J connectivity index is 2.72. The fourth-order valence-electron chi connectivity index (χ4n) is 0.889. The van der Waals surface area contributed by atoms with E-state index in [9.17, 15) is 9.59 Å². The highest BCUT2D eigenvalue weighted by atomic mass is 16.4. The molecule has 6 nitrogen and oxygen atoms in total. The maximum Gasteiger partial charge on any atom is 0.337 e. The molecule has 15 heavy (non-hydrogen) atoms. The number of nitrogens with zero attached hydrogens (tertiary/aromatic N) is 1. The first-order valence-electron chi connectivity index (χ1n) is 4.19. The lowest BCUT2D eigenvalue weighted by Crippen LogP contribution is -2.25. The molecule has 0 fully saturated rings. The van der Waals surface area contributed by atoms with Crippen LogP contribution >= 0.6 is 0 Å². The topological polar surface area (TPSA) is 99.5 Å². The van der Waals surface area contributed by atoms with E-state index in [4.69, 9.17) is 10.2 Å². The van der Waals surface area contributed by atoms with E-state index in [0.717, 1.165) is 0 Å². The number of carboxylic acids is 2. The van der Waals surface area contributed by atoms with Gasteiger partial charge in [-0.3, -0.25) is 4.79 Å². The Bertz CT molecular complexity index is 374. The Morgan fingerprint density at radius 3 is 2.47 bits per heavy atom. The largest absolute Gasteiger partial charge is 0.480 e. The second kappa shape index (κ2) is 4.41. The van der Waals surface area contributed by atoms with Crippen LogP contribution in [0, 0.1) is 0 Å². The van der Waals surface area contributed by atoms with E-state index >= 15 is 0 Å². The monoisotopic (exact) mass is 210 g/mol. The number of nitrogens with one attached hydrogen (secondary N) is 1. The lowest BCUT2D eigenvalue weighted by molar-refractivity contribution is -0.137. The zero-order chi connectivity index (χ0) is 11.4. The molecule has 0 bridgehead atoms. The van der Waals surface area contributed by atoms with E-state index < -0.39 is 18.0 Å². The predicted octanol–water partition coefficient (Wildman–Crippen LogP) is 0.665. The molecule has 0 aliphatic rings. The normalized spacial score (nSPS) is 11.8. The maximum atomic E-state index is 10.5. The summed E-state index contributed by atoms with van der Waals surface area (Å²) in [6.07, 6.45) is 1.17. The number of pyridine rings is 1. The van der Waals surface area contributed by atoms with E-state index in [-0.39, 0.29) is 5.56 Å². The third-order valence-electron chi connectivity index (χ3n) is 1.75. The number of carboxylic acid groups (broad SMARTS) is 2. The molecule has 1 unspecified atom stereocenters. The van der Waals surface area contributed by atoms with Crippen LogP contribution in [0.4, 0.5) is 5.82 Å². The SMILES string of the molecule is CC(Nc1ccc(C(=O)O)cn1)C(=O)O. The van der Waals surface area contributed by atoms with Crippen molar-refractivity contribution in [2.45, 2.75) is 13.0 Å². The summed E-state index contributed by atoms with van der Waals surface area (Å²) in [5.74, 6) is -1.74. The second-order valence-electron chi connectivity index (χ2n) is 2.94. The second-order valence-corrected chi connectivity index (χ2v) is 2.94. The van der Waals surface area contributed by atoms with Crippen LogP contribution in [-0.4, -0.2) is 33.2 Å². The summed E-state index contributed by atoms with van der Waals surface area (Å²) in [6.45, 7) is 1.47. The summed E-state index contributed by atoms with van der Waals surface area (Å²) >= 11 is 0. The van der Waals surface area contributed by atoms with Crippen LogP contribution < -0.4 is 5.32 Å². The molecule has 1 aromatic heterocycles. The van der Waals surface area contributed by atoms with Crippen LogP contribution in [0.25, 0.3) is 0 Å². The van der Waals surface area contributed by atoms with Crippen molar-refractivity contribution in [1.82, 2.24) is 4.98 Å². The van der Waals surface area contributed by atoms with Crippen molar-refractivity contribution < 1.29 is 19.8 Å². The Morgan fingerprint density at radius 2 is 2.07 bits per heavy atom. The fraction of sp³-hybridized carbons (Fsp3) is 0.222. The molecular weight excluding hydrogens is 200 g/mol. The minimum atomic E-state index is -1.07. The predicted molar refractivity (Wildman–Crippen MR) is 51.9 cm³/mol. The van der Waals surface area contributed by atoms with E-state index in [1.807, 2.05) is 0 Å². The average molecular weight is 210 g/mol. The molecule has 0 saturated heterocycles. The van der Waals surface area contributed by atoms with Crippen LogP contribution in [0.15, 0.2) is 18.3 Å². The minimum Gasteiger partial charge on any atom is -0.480 e. The van der Waals surface area contributed by atoms with Gasteiger partial charge in [0.15, 0.2) is 0 Å². The Morgan fingerprint density at radius 1 is 1.40 bits per heavy atom. The van der Waals surface area contributed by atoms with Gasteiger partial charge in [0.05, 0.1) is 5.56 Å². The molecule has 80 valence electrons. The van der Waals surface area contributed by atoms with Crippen LogP contribution in [0.2, 0.25) is 0 Å². The number of hydrogen-bond donors (Lipinski definition) is 3. The molecule has 1 rings (SSSR count). The average Bonchev–Trinajstić information content (AvgIpc) is 2.18. The maximum absolute atomic E-state index is 10.5. The molecule has 0 aromatic carbocycles. The number of carbonyl (C=O) groups is 2. The highest BCUT2D eigenvalue weighted by Crippen LogP contribution is 2.06. The van der Waals surface area contributed by atoms with Crippen molar-refractivity contribution in [3.05, 3.63) is 23.9 Å².